The predicted molar refractivity (Wildman–Crippen MR) is 55.2 cm³/mol. The van der Waals surface area contributed by atoms with E-state index < -0.39 is 0 Å². The van der Waals surface area contributed by atoms with E-state index in [4.69, 9.17) is 5.73 Å². The van der Waals surface area contributed by atoms with E-state index in [0.29, 0.717) is 18.0 Å². The Kier molecular flexibility index (Phi) is 5.51. The Hall–Kier alpha value is -0.0800. The Labute approximate surface area is 77.1 Å². The van der Waals surface area contributed by atoms with Crippen molar-refractivity contribution in [3.63, 3.8) is 0 Å². The highest BCUT2D eigenvalue weighted by Crippen LogP contribution is 2.08. The van der Waals surface area contributed by atoms with Gasteiger partial charge in [-0.15, -0.1) is 0 Å². The van der Waals surface area contributed by atoms with Crippen molar-refractivity contribution >= 4 is 0 Å². The minimum Gasteiger partial charge on any atom is -0.327 e. The quantitative estimate of drug-likeness (QED) is 0.684. The minimum atomic E-state index is 0.330. The summed E-state index contributed by atoms with van der Waals surface area (Å²) in [5.41, 5.74) is 5.87. The third-order valence-electron chi connectivity index (χ3n) is 2.71. The summed E-state index contributed by atoms with van der Waals surface area (Å²) in [6, 6.07) is 0.957. The molecule has 0 aliphatic rings. The monoisotopic (exact) mass is 172 g/mol. The maximum atomic E-state index is 5.87. The van der Waals surface area contributed by atoms with Gasteiger partial charge < -0.3 is 10.6 Å². The molecule has 0 rings (SSSR count). The van der Waals surface area contributed by atoms with Gasteiger partial charge in [-0.05, 0) is 26.3 Å². The first-order valence-corrected chi connectivity index (χ1v) is 4.94. The van der Waals surface area contributed by atoms with Gasteiger partial charge >= 0.3 is 0 Å². The lowest BCUT2D eigenvalue weighted by atomic mass is 10.0. The molecule has 0 aromatic carbocycles. The number of rotatable bonds is 5. The highest BCUT2D eigenvalue weighted by Gasteiger charge is 2.14. The van der Waals surface area contributed by atoms with Crippen LogP contribution in [0.15, 0.2) is 0 Å². The van der Waals surface area contributed by atoms with E-state index in [1.165, 1.54) is 0 Å². The van der Waals surface area contributed by atoms with Gasteiger partial charge in [-0.25, -0.2) is 0 Å². The molecular formula is C10H24N2. The number of likely N-dealkylation sites (N-methyl/N-ethyl adjacent to an activating group) is 1. The van der Waals surface area contributed by atoms with Crippen molar-refractivity contribution in [1.29, 1.82) is 0 Å². The van der Waals surface area contributed by atoms with Crippen LogP contribution in [0, 0.1) is 5.92 Å². The molecule has 0 aromatic rings. The number of hydrogen-bond donors (Lipinski definition) is 1. The number of nitrogens with two attached hydrogens (primary N) is 1. The first-order valence-electron chi connectivity index (χ1n) is 4.94. The van der Waals surface area contributed by atoms with Gasteiger partial charge in [0.2, 0.25) is 0 Å². The topological polar surface area (TPSA) is 29.3 Å². The first-order chi connectivity index (χ1) is 5.49. The van der Waals surface area contributed by atoms with Gasteiger partial charge in [0.05, 0.1) is 0 Å². The van der Waals surface area contributed by atoms with Crippen LogP contribution in [0.1, 0.15) is 34.1 Å². The van der Waals surface area contributed by atoms with Crippen molar-refractivity contribution < 1.29 is 0 Å². The molecule has 2 unspecified atom stereocenters. The minimum absolute atomic E-state index is 0.330. The summed E-state index contributed by atoms with van der Waals surface area (Å²) >= 11 is 0. The second-order valence-electron chi connectivity index (χ2n) is 4.09. The molecule has 74 valence electrons. The normalized spacial score (nSPS) is 17.0. The summed E-state index contributed by atoms with van der Waals surface area (Å²) in [7, 11) is 2.15. The van der Waals surface area contributed by atoms with Crippen molar-refractivity contribution in [3.05, 3.63) is 0 Å². The van der Waals surface area contributed by atoms with Crippen LogP contribution in [0.5, 0.6) is 0 Å². The Morgan fingerprint density at radius 3 is 2.08 bits per heavy atom. The zero-order chi connectivity index (χ0) is 9.72. The van der Waals surface area contributed by atoms with Crippen LogP contribution in [-0.2, 0) is 0 Å². The number of nitrogens with zero attached hydrogens (tertiary/aromatic N) is 1. The van der Waals surface area contributed by atoms with Gasteiger partial charge in [-0.3, -0.25) is 0 Å². The summed E-state index contributed by atoms with van der Waals surface area (Å²) in [6.07, 6.45) is 1.06. The van der Waals surface area contributed by atoms with Crippen LogP contribution in [0.2, 0.25) is 0 Å². The Morgan fingerprint density at radius 1 is 1.25 bits per heavy atom. The van der Waals surface area contributed by atoms with Crippen molar-refractivity contribution in [2.75, 3.05) is 13.6 Å². The Balaban J connectivity index is 3.78. The van der Waals surface area contributed by atoms with Crippen LogP contribution in [0.3, 0.4) is 0 Å². The maximum Gasteiger partial charge on any atom is 0.0165 e. The molecule has 0 aliphatic heterocycles. The molecule has 0 saturated carbocycles. The molecule has 0 aromatic heterocycles. The molecule has 0 saturated heterocycles. The standard InChI is InChI=1S/C10H24N2/c1-6-10(11)7-12(5)9(4)8(2)3/h8-10H,6-7,11H2,1-5H3. The van der Waals surface area contributed by atoms with E-state index in [-0.39, 0.29) is 0 Å². The molecule has 0 fully saturated rings. The van der Waals surface area contributed by atoms with E-state index in [1.807, 2.05) is 0 Å². The third-order valence-corrected chi connectivity index (χ3v) is 2.71. The van der Waals surface area contributed by atoms with Crippen LogP contribution < -0.4 is 5.73 Å². The number of hydrogen-bond acceptors (Lipinski definition) is 2. The lowest BCUT2D eigenvalue weighted by Crippen LogP contribution is -2.41. The molecule has 2 N–H and O–H groups in total. The summed E-state index contributed by atoms with van der Waals surface area (Å²) in [5.74, 6) is 0.707. The average molecular weight is 172 g/mol. The van der Waals surface area contributed by atoms with Gasteiger partial charge in [0.1, 0.15) is 0 Å². The van der Waals surface area contributed by atoms with E-state index in [9.17, 15) is 0 Å². The Bertz CT molecular complexity index is 112. The lowest BCUT2D eigenvalue weighted by molar-refractivity contribution is 0.196. The first kappa shape index (κ1) is 11.9. The fourth-order valence-corrected chi connectivity index (χ4v) is 1.17. The molecule has 0 spiro atoms. The van der Waals surface area contributed by atoms with Crippen LogP contribution in [-0.4, -0.2) is 30.6 Å². The molecule has 0 bridgehead atoms. The van der Waals surface area contributed by atoms with E-state index in [0.717, 1.165) is 13.0 Å². The summed E-state index contributed by atoms with van der Waals surface area (Å²) < 4.78 is 0. The van der Waals surface area contributed by atoms with Crippen LogP contribution >= 0.6 is 0 Å². The van der Waals surface area contributed by atoms with E-state index >= 15 is 0 Å². The van der Waals surface area contributed by atoms with Crippen LogP contribution in [0.25, 0.3) is 0 Å². The highest BCUT2D eigenvalue weighted by molar-refractivity contribution is 4.71. The SMILES string of the molecule is CCC(N)CN(C)C(C)C(C)C. The molecular weight excluding hydrogens is 148 g/mol. The van der Waals surface area contributed by atoms with Crippen molar-refractivity contribution in [2.24, 2.45) is 11.7 Å². The summed E-state index contributed by atoms with van der Waals surface area (Å²) in [5, 5.41) is 0. The second-order valence-corrected chi connectivity index (χ2v) is 4.09. The second kappa shape index (κ2) is 5.55. The fraction of sp³-hybridized carbons (Fsp3) is 1.00. The lowest BCUT2D eigenvalue weighted by Gasteiger charge is -2.29. The molecule has 2 nitrogen and oxygen atoms in total. The molecule has 0 amide bonds. The molecule has 0 radical (unpaired) electrons. The van der Waals surface area contributed by atoms with Crippen molar-refractivity contribution in [3.8, 4) is 0 Å². The zero-order valence-corrected chi connectivity index (χ0v) is 9.17. The van der Waals surface area contributed by atoms with Gasteiger partial charge in [0.15, 0.2) is 0 Å². The van der Waals surface area contributed by atoms with Gasteiger partial charge in [0.25, 0.3) is 0 Å². The van der Waals surface area contributed by atoms with Gasteiger partial charge in [-0.2, -0.15) is 0 Å². The predicted octanol–water partition coefficient (Wildman–Crippen LogP) is 1.70. The fourth-order valence-electron chi connectivity index (χ4n) is 1.17. The average Bonchev–Trinajstić information content (AvgIpc) is 2.02. The van der Waals surface area contributed by atoms with Crippen molar-refractivity contribution in [2.45, 2.75) is 46.2 Å². The summed E-state index contributed by atoms with van der Waals surface area (Å²) in [6.45, 7) is 9.90. The van der Waals surface area contributed by atoms with Crippen molar-refractivity contribution in [1.82, 2.24) is 4.90 Å². The smallest absolute Gasteiger partial charge is 0.0165 e. The molecule has 12 heavy (non-hydrogen) atoms. The van der Waals surface area contributed by atoms with E-state index in [1.54, 1.807) is 0 Å². The van der Waals surface area contributed by atoms with E-state index in [2.05, 4.69) is 39.6 Å². The molecule has 0 aliphatic carbocycles. The third kappa shape index (κ3) is 4.07. The maximum absolute atomic E-state index is 5.87. The Morgan fingerprint density at radius 2 is 1.75 bits per heavy atom. The molecule has 2 heteroatoms. The highest BCUT2D eigenvalue weighted by atomic mass is 15.1. The zero-order valence-electron chi connectivity index (χ0n) is 9.17. The van der Waals surface area contributed by atoms with Gasteiger partial charge in [-0.1, -0.05) is 20.8 Å². The van der Waals surface area contributed by atoms with Gasteiger partial charge in [0, 0.05) is 18.6 Å². The largest absolute Gasteiger partial charge is 0.327 e. The van der Waals surface area contributed by atoms with Crippen LogP contribution in [0.4, 0.5) is 0 Å². The summed E-state index contributed by atoms with van der Waals surface area (Å²) in [4.78, 5) is 2.35. The molecule has 2 atom stereocenters. The molecule has 0 heterocycles.